The molecule has 14 heteroatoms. The summed E-state index contributed by atoms with van der Waals surface area (Å²) in [6.45, 7) is 8.50. The highest BCUT2D eigenvalue weighted by molar-refractivity contribution is 6.87. The van der Waals surface area contributed by atoms with Crippen LogP contribution in [0.5, 0.6) is 23.0 Å². The van der Waals surface area contributed by atoms with Crippen LogP contribution in [0.15, 0.2) is 126 Å². The molecule has 0 atom stereocenters. The Balaban J connectivity index is 1.14. The maximum Gasteiger partial charge on any atom is 0.343 e. The van der Waals surface area contributed by atoms with Crippen molar-refractivity contribution in [2.45, 2.75) is 51.4 Å². The highest BCUT2D eigenvalue weighted by Gasteiger charge is 2.17. The molecule has 0 amide bonds. The molecule has 0 saturated heterocycles. The Bertz CT molecular complexity index is 2150. The van der Waals surface area contributed by atoms with Crippen molar-refractivity contribution < 1.29 is 47.6 Å². The lowest BCUT2D eigenvalue weighted by molar-refractivity contribution is -0.138. The number of hydrogen-bond acceptors (Lipinski definition) is 13. The lowest BCUT2D eigenvalue weighted by Crippen LogP contribution is -2.27. The van der Waals surface area contributed by atoms with Crippen LogP contribution in [0.3, 0.4) is 0 Å². The lowest BCUT2D eigenvalue weighted by Gasteiger charge is -2.11. The third kappa shape index (κ3) is 14.8. The molecule has 1 aliphatic rings. The van der Waals surface area contributed by atoms with E-state index in [1.165, 1.54) is 18.3 Å². The molecule has 60 heavy (non-hydrogen) atoms. The number of unbranched alkanes of at least 4 members (excludes halogenated alkanes) is 6. The summed E-state index contributed by atoms with van der Waals surface area (Å²) < 4.78 is 33.1. The summed E-state index contributed by atoms with van der Waals surface area (Å²) in [4.78, 5) is 53.1. The molecule has 1 heterocycles. The molecule has 0 aromatic heterocycles. The third-order valence-corrected chi connectivity index (χ3v) is 8.86. The lowest BCUT2D eigenvalue weighted by atomic mass is 9.71. The van der Waals surface area contributed by atoms with E-state index in [2.05, 4.69) is 28.7 Å². The SMILES string of the molecule is C=CC(=O)OCCCCCCOc1ccc(C(=O)Oc2ccc(OC(=O)c3ccc(OCCCCCCOC(=O)C=C)cc3)c(/C=N/NC3=Nc4ccccc4[B]3)c2)cc1. The number of amidine groups is 1. The van der Waals surface area contributed by atoms with Crippen molar-refractivity contribution in [1.29, 1.82) is 0 Å². The molecule has 1 aliphatic heterocycles. The molecule has 0 bridgehead atoms. The molecule has 5 rings (SSSR count). The topological polar surface area (TPSA) is 160 Å². The number of fused-ring (bicyclic) bond motifs is 1. The van der Waals surface area contributed by atoms with E-state index in [0.717, 1.165) is 74.7 Å². The second-order valence-corrected chi connectivity index (χ2v) is 13.4. The Kier molecular flexibility index (Phi) is 17.7. The number of carbonyl (C=O) groups excluding carboxylic acids is 4. The molecule has 0 unspecified atom stereocenters. The molecule has 0 fully saturated rings. The number of ether oxygens (including phenoxy) is 6. The zero-order valence-corrected chi connectivity index (χ0v) is 33.3. The number of rotatable bonds is 24. The molecule has 309 valence electrons. The summed E-state index contributed by atoms with van der Waals surface area (Å²) in [5, 5.41) is 4.33. The monoisotopic (exact) mass is 812 g/mol. The first kappa shape index (κ1) is 44.2. The summed E-state index contributed by atoms with van der Waals surface area (Å²) in [7, 11) is 1.86. The second-order valence-electron chi connectivity index (χ2n) is 13.4. The summed E-state index contributed by atoms with van der Waals surface area (Å²) in [5.74, 6) is -0.415. The number of hydrogen-bond donors (Lipinski definition) is 1. The maximum atomic E-state index is 13.3. The Morgan fingerprint density at radius 1 is 0.617 bits per heavy atom. The standard InChI is InChI=1S/C46H47BN3O10/c1-3-42(51)57-29-13-7-5-11-27-55-36-21-17-33(18-22-36)44(53)59-38-25-26-41(35(31-38)32-48-50-46-47-39-15-9-10-16-40(39)49-46)60-45(54)34-19-23-37(24-20-34)56-28-12-6-8-14-30-58-43(52)4-2/h3-4,9-10,15-26,31-32H,1-2,5-8,11-14,27-30H2,(H,49,50)/b48-32+. The predicted molar refractivity (Wildman–Crippen MR) is 229 cm³/mol. The van der Waals surface area contributed by atoms with Crippen LogP contribution in [0.4, 0.5) is 5.69 Å². The van der Waals surface area contributed by atoms with Gasteiger partial charge in [0.15, 0.2) is 0 Å². The van der Waals surface area contributed by atoms with Gasteiger partial charge in [-0.1, -0.05) is 36.8 Å². The van der Waals surface area contributed by atoms with E-state index < -0.39 is 23.9 Å². The molecule has 1 radical (unpaired) electrons. The number of nitrogens with zero attached hydrogens (tertiary/aromatic N) is 2. The van der Waals surface area contributed by atoms with Crippen LogP contribution in [-0.4, -0.2) is 69.5 Å². The van der Waals surface area contributed by atoms with Gasteiger partial charge in [-0.15, -0.1) is 0 Å². The highest BCUT2D eigenvalue weighted by atomic mass is 16.5. The number of benzene rings is 4. The first-order valence-corrected chi connectivity index (χ1v) is 19.8. The van der Waals surface area contributed by atoms with Crippen LogP contribution in [0.25, 0.3) is 0 Å². The third-order valence-electron chi connectivity index (χ3n) is 8.86. The van der Waals surface area contributed by atoms with Crippen LogP contribution in [0, 0.1) is 0 Å². The van der Waals surface area contributed by atoms with E-state index in [4.69, 9.17) is 28.4 Å². The minimum atomic E-state index is -0.608. The Morgan fingerprint density at radius 2 is 1.13 bits per heavy atom. The molecule has 0 saturated carbocycles. The van der Waals surface area contributed by atoms with E-state index in [0.29, 0.717) is 60.4 Å². The molecular formula is C46H47BN3O10. The molecule has 4 aromatic rings. The van der Waals surface area contributed by atoms with Crippen LogP contribution < -0.4 is 29.8 Å². The number of aliphatic imine (C=N–C) groups is 1. The van der Waals surface area contributed by atoms with Crippen molar-refractivity contribution in [2.24, 2.45) is 10.1 Å². The second kappa shape index (κ2) is 24.1. The van der Waals surface area contributed by atoms with Crippen LogP contribution in [0.2, 0.25) is 0 Å². The van der Waals surface area contributed by atoms with Gasteiger partial charge in [0.2, 0.25) is 7.28 Å². The van der Waals surface area contributed by atoms with Gasteiger partial charge in [0, 0.05) is 17.7 Å². The first-order chi connectivity index (χ1) is 29.3. The van der Waals surface area contributed by atoms with Gasteiger partial charge in [0.05, 0.1) is 55.2 Å². The van der Waals surface area contributed by atoms with Gasteiger partial charge in [0.1, 0.15) is 23.0 Å². The number of carbonyl (C=O) groups is 4. The predicted octanol–water partition coefficient (Wildman–Crippen LogP) is 7.42. The van der Waals surface area contributed by atoms with Crippen molar-refractivity contribution in [2.75, 3.05) is 26.4 Å². The summed E-state index contributed by atoms with van der Waals surface area (Å²) in [6.07, 6.45) is 10.6. The molecular weight excluding hydrogens is 765 g/mol. The van der Waals surface area contributed by atoms with E-state index in [9.17, 15) is 19.2 Å². The minimum absolute atomic E-state index is 0.184. The fraction of sp³-hybridized carbons (Fsp3) is 0.261. The molecule has 0 aliphatic carbocycles. The molecule has 4 aromatic carbocycles. The number of hydrazone groups is 1. The zero-order valence-electron chi connectivity index (χ0n) is 33.3. The number of esters is 4. The van der Waals surface area contributed by atoms with Gasteiger partial charge in [0.25, 0.3) is 0 Å². The van der Waals surface area contributed by atoms with Gasteiger partial charge >= 0.3 is 23.9 Å². The van der Waals surface area contributed by atoms with E-state index in [1.807, 2.05) is 31.5 Å². The maximum absolute atomic E-state index is 13.3. The van der Waals surface area contributed by atoms with Crippen molar-refractivity contribution in [3.8, 4) is 23.0 Å². The Hall–Kier alpha value is -6.96. The number of nitrogens with one attached hydrogen (secondary N) is 1. The quantitative estimate of drug-likeness (QED) is 0.0143. The van der Waals surface area contributed by atoms with Gasteiger partial charge in [-0.2, -0.15) is 5.10 Å². The smallest absolute Gasteiger partial charge is 0.343 e. The molecule has 1 N–H and O–H groups in total. The fourth-order valence-corrected chi connectivity index (χ4v) is 5.69. The average Bonchev–Trinajstić information content (AvgIpc) is 3.69. The van der Waals surface area contributed by atoms with Gasteiger partial charge in [-0.05, 0) is 124 Å². The van der Waals surface area contributed by atoms with Crippen molar-refractivity contribution in [1.82, 2.24) is 5.43 Å². The first-order valence-electron chi connectivity index (χ1n) is 19.8. The normalized spacial score (nSPS) is 11.4. The average molecular weight is 813 g/mol. The van der Waals surface area contributed by atoms with Gasteiger partial charge in [-0.25, -0.2) is 24.2 Å². The van der Waals surface area contributed by atoms with Crippen LogP contribution in [-0.2, 0) is 19.1 Å². The molecule has 13 nitrogen and oxygen atoms in total. The van der Waals surface area contributed by atoms with E-state index in [1.54, 1.807) is 54.6 Å². The largest absolute Gasteiger partial charge is 0.494 e. The summed E-state index contributed by atoms with van der Waals surface area (Å²) in [6, 6.07) is 25.6. The number of para-hydroxylation sites is 1. The Morgan fingerprint density at radius 3 is 1.68 bits per heavy atom. The van der Waals surface area contributed by atoms with Crippen molar-refractivity contribution >= 4 is 54.3 Å². The summed E-state index contributed by atoms with van der Waals surface area (Å²) in [5.41, 5.74) is 6.18. The molecule has 0 spiro atoms. The van der Waals surface area contributed by atoms with E-state index in [-0.39, 0.29) is 11.5 Å². The van der Waals surface area contributed by atoms with Crippen LogP contribution in [0.1, 0.15) is 77.6 Å². The van der Waals surface area contributed by atoms with Gasteiger partial charge < -0.3 is 28.4 Å². The fourth-order valence-electron chi connectivity index (χ4n) is 5.69. The van der Waals surface area contributed by atoms with Gasteiger partial charge in [-0.3, -0.25) is 5.43 Å². The van der Waals surface area contributed by atoms with Crippen molar-refractivity contribution in [3.05, 3.63) is 133 Å². The zero-order chi connectivity index (χ0) is 42.4. The Labute approximate surface area is 350 Å². The minimum Gasteiger partial charge on any atom is -0.494 e. The summed E-state index contributed by atoms with van der Waals surface area (Å²) >= 11 is 0. The van der Waals surface area contributed by atoms with E-state index >= 15 is 0 Å². The van der Waals surface area contributed by atoms with Crippen LogP contribution >= 0.6 is 0 Å². The van der Waals surface area contributed by atoms with Crippen molar-refractivity contribution in [3.63, 3.8) is 0 Å². The highest BCUT2D eigenvalue weighted by Crippen LogP contribution is 2.26.